The van der Waals surface area contributed by atoms with Crippen molar-refractivity contribution in [1.29, 1.82) is 0 Å². The van der Waals surface area contributed by atoms with Gasteiger partial charge in [0.1, 0.15) is 0 Å². The summed E-state index contributed by atoms with van der Waals surface area (Å²) >= 11 is 0. The molecule has 0 aliphatic carbocycles. The van der Waals surface area contributed by atoms with Gasteiger partial charge >= 0.3 is 0 Å². The standard InChI is InChI=1S/C20H19NO2S/c1-15-7-11-17(12-8-15)19-5-3-4-6-20(19)21-24(22,23)18-13-9-16(2)10-14-18/h3-14,21H,1-2H3. The number of rotatable bonds is 4. The molecule has 0 saturated heterocycles. The van der Waals surface area contributed by atoms with Crippen LogP contribution in [0.5, 0.6) is 0 Å². The lowest BCUT2D eigenvalue weighted by Crippen LogP contribution is -2.13. The van der Waals surface area contributed by atoms with Gasteiger partial charge in [0.25, 0.3) is 10.0 Å². The second kappa shape index (κ2) is 6.49. The Morgan fingerprint density at radius 2 is 1.25 bits per heavy atom. The molecule has 0 aliphatic heterocycles. The summed E-state index contributed by atoms with van der Waals surface area (Å²) in [5, 5.41) is 0. The van der Waals surface area contributed by atoms with Crippen molar-refractivity contribution in [2.45, 2.75) is 18.7 Å². The fourth-order valence-corrected chi connectivity index (χ4v) is 3.56. The zero-order chi connectivity index (χ0) is 17.2. The summed E-state index contributed by atoms with van der Waals surface area (Å²) in [7, 11) is -3.62. The van der Waals surface area contributed by atoms with E-state index in [-0.39, 0.29) is 4.90 Å². The molecule has 0 aromatic heterocycles. The molecule has 3 aromatic rings. The SMILES string of the molecule is Cc1ccc(-c2ccccc2NS(=O)(=O)c2ccc(C)cc2)cc1. The summed E-state index contributed by atoms with van der Waals surface area (Å²) < 4.78 is 28.0. The summed E-state index contributed by atoms with van der Waals surface area (Å²) in [6.07, 6.45) is 0. The molecule has 122 valence electrons. The van der Waals surface area contributed by atoms with Crippen LogP contribution in [0.1, 0.15) is 11.1 Å². The minimum atomic E-state index is -3.62. The zero-order valence-electron chi connectivity index (χ0n) is 13.7. The first-order valence-electron chi connectivity index (χ1n) is 7.71. The summed E-state index contributed by atoms with van der Waals surface area (Å²) in [6.45, 7) is 3.95. The average Bonchev–Trinajstić information content (AvgIpc) is 2.56. The van der Waals surface area contributed by atoms with Crippen LogP contribution in [-0.4, -0.2) is 8.42 Å². The Morgan fingerprint density at radius 1 is 0.708 bits per heavy atom. The van der Waals surface area contributed by atoms with Gasteiger partial charge in [-0.15, -0.1) is 0 Å². The predicted molar refractivity (Wildman–Crippen MR) is 98.6 cm³/mol. The molecule has 0 radical (unpaired) electrons. The Labute approximate surface area is 143 Å². The molecule has 0 heterocycles. The fraction of sp³-hybridized carbons (Fsp3) is 0.100. The lowest BCUT2D eigenvalue weighted by atomic mass is 10.0. The van der Waals surface area contributed by atoms with Gasteiger partial charge in [-0.3, -0.25) is 4.72 Å². The topological polar surface area (TPSA) is 46.2 Å². The van der Waals surface area contributed by atoms with Gasteiger partial charge in [0.2, 0.25) is 0 Å². The van der Waals surface area contributed by atoms with E-state index in [4.69, 9.17) is 0 Å². The van der Waals surface area contributed by atoms with E-state index in [9.17, 15) is 8.42 Å². The maximum absolute atomic E-state index is 12.6. The van der Waals surface area contributed by atoms with Gasteiger partial charge in [-0.05, 0) is 37.6 Å². The number of anilines is 1. The highest BCUT2D eigenvalue weighted by Gasteiger charge is 2.16. The van der Waals surface area contributed by atoms with Crippen LogP contribution in [0, 0.1) is 13.8 Å². The fourth-order valence-electron chi connectivity index (χ4n) is 2.48. The van der Waals surface area contributed by atoms with Gasteiger partial charge in [-0.2, -0.15) is 0 Å². The van der Waals surface area contributed by atoms with Crippen LogP contribution in [0.2, 0.25) is 0 Å². The molecule has 0 fully saturated rings. The Bertz CT molecular complexity index is 944. The van der Waals surface area contributed by atoms with Crippen molar-refractivity contribution in [2.24, 2.45) is 0 Å². The summed E-state index contributed by atoms with van der Waals surface area (Å²) in [5.74, 6) is 0. The number of benzene rings is 3. The number of hydrogen-bond acceptors (Lipinski definition) is 2. The first-order chi connectivity index (χ1) is 11.5. The quantitative estimate of drug-likeness (QED) is 0.745. The molecule has 0 atom stereocenters. The normalized spacial score (nSPS) is 11.2. The van der Waals surface area contributed by atoms with Crippen molar-refractivity contribution >= 4 is 15.7 Å². The molecule has 0 saturated carbocycles. The molecule has 4 heteroatoms. The van der Waals surface area contributed by atoms with Gasteiger partial charge in [0.05, 0.1) is 10.6 Å². The molecule has 24 heavy (non-hydrogen) atoms. The number of hydrogen-bond donors (Lipinski definition) is 1. The third-order valence-corrected chi connectivity index (χ3v) is 5.25. The van der Waals surface area contributed by atoms with E-state index in [1.807, 2.05) is 56.3 Å². The number of nitrogens with one attached hydrogen (secondary N) is 1. The van der Waals surface area contributed by atoms with Gasteiger partial charge < -0.3 is 0 Å². The van der Waals surface area contributed by atoms with E-state index < -0.39 is 10.0 Å². The second-order valence-electron chi connectivity index (χ2n) is 5.83. The third-order valence-electron chi connectivity index (χ3n) is 3.87. The molecule has 3 rings (SSSR count). The van der Waals surface area contributed by atoms with Gasteiger partial charge in [-0.25, -0.2) is 8.42 Å². The second-order valence-corrected chi connectivity index (χ2v) is 7.51. The lowest BCUT2D eigenvalue weighted by Gasteiger charge is -2.13. The number of aryl methyl sites for hydroxylation is 2. The molecular formula is C20H19NO2S. The molecule has 0 unspecified atom stereocenters. The van der Waals surface area contributed by atoms with Gasteiger partial charge in [0, 0.05) is 5.56 Å². The van der Waals surface area contributed by atoms with Gasteiger partial charge in [0.15, 0.2) is 0 Å². The minimum Gasteiger partial charge on any atom is -0.279 e. The van der Waals surface area contributed by atoms with Crippen LogP contribution in [0.15, 0.2) is 77.7 Å². The monoisotopic (exact) mass is 337 g/mol. The lowest BCUT2D eigenvalue weighted by molar-refractivity contribution is 0.601. The van der Waals surface area contributed by atoms with Crippen LogP contribution >= 0.6 is 0 Å². The highest BCUT2D eigenvalue weighted by Crippen LogP contribution is 2.29. The molecule has 1 N–H and O–H groups in total. The first kappa shape index (κ1) is 16.3. The third kappa shape index (κ3) is 3.49. The minimum absolute atomic E-state index is 0.256. The number of sulfonamides is 1. The van der Waals surface area contributed by atoms with Crippen molar-refractivity contribution < 1.29 is 8.42 Å². The van der Waals surface area contributed by atoms with Gasteiger partial charge in [-0.1, -0.05) is 65.7 Å². The average molecular weight is 337 g/mol. The Hall–Kier alpha value is -2.59. The molecule has 0 aliphatic rings. The van der Waals surface area contributed by atoms with Crippen LogP contribution in [0.25, 0.3) is 11.1 Å². The molecule has 3 aromatic carbocycles. The van der Waals surface area contributed by atoms with E-state index in [0.29, 0.717) is 5.69 Å². The van der Waals surface area contributed by atoms with E-state index in [1.165, 1.54) is 0 Å². The van der Waals surface area contributed by atoms with Crippen molar-refractivity contribution in [2.75, 3.05) is 4.72 Å². The molecule has 0 bridgehead atoms. The van der Waals surface area contributed by atoms with Crippen molar-refractivity contribution in [1.82, 2.24) is 0 Å². The molecule has 0 amide bonds. The van der Waals surface area contributed by atoms with Crippen molar-refractivity contribution in [3.05, 3.63) is 83.9 Å². The van der Waals surface area contributed by atoms with Crippen LogP contribution in [0.4, 0.5) is 5.69 Å². The smallest absolute Gasteiger partial charge is 0.261 e. The molecule has 0 spiro atoms. The summed E-state index contributed by atoms with van der Waals surface area (Å²) in [6, 6.07) is 22.3. The zero-order valence-corrected chi connectivity index (χ0v) is 14.5. The van der Waals surface area contributed by atoms with Crippen LogP contribution in [-0.2, 0) is 10.0 Å². The molecular weight excluding hydrogens is 318 g/mol. The van der Waals surface area contributed by atoms with E-state index in [0.717, 1.165) is 22.3 Å². The molecule has 3 nitrogen and oxygen atoms in total. The summed E-state index contributed by atoms with van der Waals surface area (Å²) in [5.41, 5.74) is 4.59. The van der Waals surface area contributed by atoms with Crippen LogP contribution in [0.3, 0.4) is 0 Å². The Morgan fingerprint density at radius 3 is 1.88 bits per heavy atom. The highest BCUT2D eigenvalue weighted by molar-refractivity contribution is 7.92. The van der Waals surface area contributed by atoms with Crippen molar-refractivity contribution in [3.8, 4) is 11.1 Å². The summed E-state index contributed by atoms with van der Waals surface area (Å²) in [4.78, 5) is 0.256. The van der Waals surface area contributed by atoms with E-state index in [2.05, 4.69) is 4.72 Å². The Kier molecular flexibility index (Phi) is 4.40. The highest BCUT2D eigenvalue weighted by atomic mass is 32.2. The first-order valence-corrected chi connectivity index (χ1v) is 9.19. The maximum atomic E-state index is 12.6. The maximum Gasteiger partial charge on any atom is 0.261 e. The number of para-hydroxylation sites is 1. The Balaban J connectivity index is 1.98. The largest absolute Gasteiger partial charge is 0.279 e. The van der Waals surface area contributed by atoms with Crippen LogP contribution < -0.4 is 4.72 Å². The van der Waals surface area contributed by atoms with Crippen molar-refractivity contribution in [3.63, 3.8) is 0 Å². The van der Waals surface area contributed by atoms with E-state index in [1.54, 1.807) is 30.3 Å². The predicted octanol–water partition coefficient (Wildman–Crippen LogP) is 4.77. The van der Waals surface area contributed by atoms with E-state index >= 15 is 0 Å².